The zero-order valence-corrected chi connectivity index (χ0v) is 7.69. The fourth-order valence-electron chi connectivity index (χ4n) is 2.62. The summed E-state index contributed by atoms with van der Waals surface area (Å²) in [6, 6.07) is 0. The Morgan fingerprint density at radius 1 is 0.929 bits per heavy atom. The molecular formula is C10H12O4. The normalized spacial score (nSPS) is 44.3. The molecule has 0 radical (unpaired) electrons. The van der Waals surface area contributed by atoms with E-state index in [2.05, 4.69) is 0 Å². The topological polar surface area (TPSA) is 58.9 Å². The smallest absolute Gasteiger partial charge is 0.273 e. The molecule has 0 aromatic heterocycles. The molecule has 4 heteroatoms. The third kappa shape index (κ3) is 0.744. The highest BCUT2D eigenvalue weighted by molar-refractivity contribution is 5.24. The highest BCUT2D eigenvalue weighted by Crippen LogP contribution is 2.57. The van der Waals surface area contributed by atoms with E-state index in [-0.39, 0.29) is 11.9 Å². The highest BCUT2D eigenvalue weighted by atomic mass is 16.7. The molecule has 2 heterocycles. The average molecular weight is 196 g/mol. The number of ether oxygens (including phenoxy) is 2. The monoisotopic (exact) mass is 196 g/mol. The van der Waals surface area contributed by atoms with Gasteiger partial charge in [0.25, 0.3) is 11.9 Å². The van der Waals surface area contributed by atoms with Gasteiger partial charge in [-0.05, 0) is 12.8 Å². The van der Waals surface area contributed by atoms with Crippen molar-refractivity contribution in [3.63, 3.8) is 0 Å². The standard InChI is InChI=1S/C10H12O4/c11-7-1-3-9(13-7)5-6-10(9)4-2-8(12)14-10/h1-2,11-12H,3-6H2. The molecule has 3 rings (SSSR count). The van der Waals surface area contributed by atoms with Gasteiger partial charge in [-0.1, -0.05) is 0 Å². The molecule has 2 aliphatic heterocycles. The Balaban J connectivity index is 1.85. The second-order valence-electron chi connectivity index (χ2n) is 4.19. The van der Waals surface area contributed by atoms with Gasteiger partial charge in [-0.2, -0.15) is 0 Å². The maximum atomic E-state index is 9.24. The lowest BCUT2D eigenvalue weighted by Crippen LogP contribution is -2.62. The van der Waals surface area contributed by atoms with Gasteiger partial charge in [0.05, 0.1) is 0 Å². The van der Waals surface area contributed by atoms with Crippen LogP contribution in [0.2, 0.25) is 0 Å². The predicted octanol–water partition coefficient (Wildman–Crippen LogP) is 1.90. The fraction of sp³-hybridized carbons (Fsp3) is 0.600. The summed E-state index contributed by atoms with van der Waals surface area (Å²) < 4.78 is 10.8. The molecule has 2 spiro atoms. The van der Waals surface area contributed by atoms with Crippen LogP contribution in [0.15, 0.2) is 24.0 Å². The fourth-order valence-corrected chi connectivity index (χ4v) is 2.62. The van der Waals surface area contributed by atoms with E-state index in [0.29, 0.717) is 12.8 Å². The first kappa shape index (κ1) is 8.03. The number of rotatable bonds is 0. The molecule has 4 nitrogen and oxygen atoms in total. The van der Waals surface area contributed by atoms with Crippen LogP contribution in [0.1, 0.15) is 25.7 Å². The largest absolute Gasteiger partial charge is 0.481 e. The van der Waals surface area contributed by atoms with Gasteiger partial charge in [0.1, 0.15) is 0 Å². The van der Waals surface area contributed by atoms with Crippen LogP contribution in [0.5, 0.6) is 0 Å². The van der Waals surface area contributed by atoms with Gasteiger partial charge in [0.15, 0.2) is 11.2 Å². The first-order chi connectivity index (χ1) is 6.66. The third-order valence-electron chi connectivity index (χ3n) is 3.58. The van der Waals surface area contributed by atoms with Gasteiger partial charge in [-0.3, -0.25) is 0 Å². The Kier molecular flexibility index (Phi) is 1.25. The molecule has 0 aromatic rings. The summed E-state index contributed by atoms with van der Waals surface area (Å²) in [6.45, 7) is 0. The molecule has 0 saturated heterocycles. The summed E-state index contributed by atoms with van der Waals surface area (Å²) in [7, 11) is 0. The predicted molar refractivity (Wildman–Crippen MR) is 47.5 cm³/mol. The van der Waals surface area contributed by atoms with Crippen LogP contribution in [0.4, 0.5) is 0 Å². The lowest BCUT2D eigenvalue weighted by Gasteiger charge is -2.53. The van der Waals surface area contributed by atoms with Crippen molar-refractivity contribution in [2.75, 3.05) is 0 Å². The van der Waals surface area contributed by atoms with Crippen LogP contribution in [0, 0.1) is 0 Å². The van der Waals surface area contributed by atoms with Crippen molar-refractivity contribution in [1.29, 1.82) is 0 Å². The van der Waals surface area contributed by atoms with Crippen molar-refractivity contribution >= 4 is 0 Å². The van der Waals surface area contributed by atoms with Crippen LogP contribution in [-0.4, -0.2) is 21.4 Å². The molecule has 2 unspecified atom stereocenters. The van der Waals surface area contributed by atoms with Crippen LogP contribution in [-0.2, 0) is 9.47 Å². The SMILES string of the molecule is OC1=CCC2(CCC23CC=C(O)O3)O1. The van der Waals surface area contributed by atoms with Crippen LogP contribution in [0.25, 0.3) is 0 Å². The molecule has 1 saturated carbocycles. The second kappa shape index (κ2) is 2.19. The summed E-state index contributed by atoms with van der Waals surface area (Å²) in [6.07, 6.45) is 6.41. The van der Waals surface area contributed by atoms with E-state index >= 15 is 0 Å². The zero-order valence-electron chi connectivity index (χ0n) is 7.69. The molecule has 1 aliphatic carbocycles. The van der Waals surface area contributed by atoms with E-state index in [9.17, 15) is 10.2 Å². The highest BCUT2D eigenvalue weighted by Gasteiger charge is 2.66. The number of fused-ring (bicyclic) bond motifs is 1. The Bertz CT molecular complexity index is 312. The molecule has 1 fully saturated rings. The van der Waals surface area contributed by atoms with Gasteiger partial charge >= 0.3 is 0 Å². The van der Waals surface area contributed by atoms with Crippen molar-refractivity contribution < 1.29 is 19.7 Å². The Morgan fingerprint density at radius 3 is 1.57 bits per heavy atom. The number of aliphatic hydroxyl groups is 2. The molecule has 14 heavy (non-hydrogen) atoms. The van der Waals surface area contributed by atoms with Gasteiger partial charge in [-0.15, -0.1) is 0 Å². The van der Waals surface area contributed by atoms with Crippen molar-refractivity contribution in [1.82, 2.24) is 0 Å². The molecule has 2 N–H and O–H groups in total. The Labute approximate surface area is 81.4 Å². The molecular weight excluding hydrogens is 184 g/mol. The van der Waals surface area contributed by atoms with E-state index in [4.69, 9.17) is 9.47 Å². The zero-order chi connectivity index (χ0) is 9.81. The molecule has 0 bridgehead atoms. The summed E-state index contributed by atoms with van der Waals surface area (Å²) >= 11 is 0. The van der Waals surface area contributed by atoms with Crippen molar-refractivity contribution in [3.05, 3.63) is 24.0 Å². The van der Waals surface area contributed by atoms with Crippen LogP contribution >= 0.6 is 0 Å². The number of hydrogen-bond donors (Lipinski definition) is 2. The first-order valence-electron chi connectivity index (χ1n) is 4.82. The van der Waals surface area contributed by atoms with Crippen molar-refractivity contribution in [2.45, 2.75) is 36.9 Å². The number of hydrogen-bond acceptors (Lipinski definition) is 4. The Morgan fingerprint density at radius 2 is 1.36 bits per heavy atom. The summed E-state index contributed by atoms with van der Waals surface area (Å²) in [4.78, 5) is 0. The molecule has 76 valence electrons. The van der Waals surface area contributed by atoms with E-state index in [1.165, 1.54) is 0 Å². The lowest BCUT2D eigenvalue weighted by molar-refractivity contribution is -0.240. The van der Waals surface area contributed by atoms with Gasteiger partial charge in [0, 0.05) is 25.0 Å². The van der Waals surface area contributed by atoms with Crippen LogP contribution in [0.3, 0.4) is 0 Å². The van der Waals surface area contributed by atoms with Gasteiger partial charge < -0.3 is 19.7 Å². The molecule has 2 atom stereocenters. The quantitative estimate of drug-likeness (QED) is 0.621. The maximum absolute atomic E-state index is 9.24. The summed E-state index contributed by atoms with van der Waals surface area (Å²) in [5, 5.41) is 18.5. The van der Waals surface area contributed by atoms with E-state index in [0.717, 1.165) is 12.8 Å². The second-order valence-corrected chi connectivity index (χ2v) is 4.19. The first-order valence-corrected chi connectivity index (χ1v) is 4.82. The minimum Gasteiger partial charge on any atom is -0.481 e. The average Bonchev–Trinajstić information content (AvgIpc) is 2.71. The van der Waals surface area contributed by atoms with Crippen molar-refractivity contribution in [3.8, 4) is 0 Å². The van der Waals surface area contributed by atoms with Crippen LogP contribution < -0.4 is 0 Å². The maximum Gasteiger partial charge on any atom is 0.273 e. The summed E-state index contributed by atoms with van der Waals surface area (Å²) in [5.74, 6) is -0.0295. The molecule has 0 amide bonds. The van der Waals surface area contributed by atoms with E-state index < -0.39 is 11.2 Å². The molecule has 0 aromatic carbocycles. The molecule has 3 aliphatic rings. The van der Waals surface area contributed by atoms with E-state index in [1.54, 1.807) is 12.2 Å². The minimum absolute atomic E-state index is 0.0148. The third-order valence-corrected chi connectivity index (χ3v) is 3.58. The lowest BCUT2D eigenvalue weighted by atomic mass is 9.63. The Hall–Kier alpha value is -1.32. The van der Waals surface area contributed by atoms with Gasteiger partial charge in [0.2, 0.25) is 0 Å². The summed E-state index contributed by atoms with van der Waals surface area (Å²) in [5.41, 5.74) is -0.865. The van der Waals surface area contributed by atoms with Crippen molar-refractivity contribution in [2.24, 2.45) is 0 Å². The number of aliphatic hydroxyl groups excluding tert-OH is 2. The van der Waals surface area contributed by atoms with Gasteiger partial charge in [-0.25, -0.2) is 0 Å². The minimum atomic E-state index is -0.432. The van der Waals surface area contributed by atoms with E-state index in [1.807, 2.05) is 0 Å².